The zero-order valence-electron chi connectivity index (χ0n) is 30.4. The van der Waals surface area contributed by atoms with Crippen LogP contribution in [0.25, 0.3) is 0 Å². The molecule has 52 heavy (non-hydrogen) atoms. The number of hydrogen-bond donors (Lipinski definition) is 2. The van der Waals surface area contributed by atoms with Gasteiger partial charge in [-0.05, 0) is 86.2 Å². The molecule has 2 N–H and O–H groups in total. The van der Waals surface area contributed by atoms with Gasteiger partial charge in [-0.3, -0.25) is 30.2 Å². The number of carbonyl (C=O) groups excluding carboxylic acids is 2. The fourth-order valence-corrected chi connectivity index (χ4v) is 6.84. The summed E-state index contributed by atoms with van der Waals surface area (Å²) in [4.78, 5) is 57.3. The highest BCUT2D eigenvalue weighted by Crippen LogP contribution is 2.38. The summed E-state index contributed by atoms with van der Waals surface area (Å²) in [6, 6.07) is -0.489. The van der Waals surface area contributed by atoms with Gasteiger partial charge in [-0.15, -0.1) is 0 Å². The molecule has 2 aliphatic rings. The molecule has 2 fully saturated rings. The Kier molecular flexibility index (Phi) is 14.9. The van der Waals surface area contributed by atoms with Crippen LogP contribution in [0.2, 0.25) is 0 Å². The first kappa shape index (κ1) is 42.5. The molecule has 20 heteroatoms. The predicted molar refractivity (Wildman–Crippen MR) is 199 cm³/mol. The van der Waals surface area contributed by atoms with Crippen molar-refractivity contribution in [2.45, 2.75) is 89.9 Å². The monoisotopic (exact) mass is 860 g/mol. The molecule has 2 aromatic rings. The van der Waals surface area contributed by atoms with Crippen molar-refractivity contribution in [2.24, 2.45) is 0 Å². The van der Waals surface area contributed by atoms with Crippen LogP contribution in [0.5, 0.6) is 0 Å². The van der Waals surface area contributed by atoms with Crippen LogP contribution in [0, 0.1) is 20.2 Å². The topological polar surface area (TPSA) is 214 Å². The number of nitro groups is 2. The molecule has 18 nitrogen and oxygen atoms in total. The third-order valence-corrected chi connectivity index (χ3v) is 9.02. The van der Waals surface area contributed by atoms with Crippen LogP contribution >= 0.6 is 31.9 Å². The molecular formula is C32H46Br2N8O10. The number of carbonyl (C=O) groups is 2. The van der Waals surface area contributed by atoms with Crippen LogP contribution in [0.4, 0.5) is 32.3 Å². The second kappa shape index (κ2) is 18.2. The molecule has 0 aliphatic carbocycles. The number of anilines is 2. The number of halogens is 2. The third kappa shape index (κ3) is 12.1. The molecule has 0 unspecified atom stereocenters. The maximum Gasteiger partial charge on any atom is 0.407 e. The Balaban J connectivity index is 0.000000280. The molecule has 4 rings (SSSR count). The minimum Gasteiger partial charge on any atom is -0.444 e. The Bertz CT molecular complexity index is 1470. The molecule has 0 bridgehead atoms. The largest absolute Gasteiger partial charge is 0.444 e. The van der Waals surface area contributed by atoms with Crippen molar-refractivity contribution in [1.82, 2.24) is 20.6 Å². The highest BCUT2D eigenvalue weighted by molar-refractivity contribution is 9.11. The minimum absolute atomic E-state index is 0.0761. The van der Waals surface area contributed by atoms with Gasteiger partial charge in [0.1, 0.15) is 35.0 Å². The van der Waals surface area contributed by atoms with E-state index in [9.17, 15) is 29.8 Å². The second-order valence-electron chi connectivity index (χ2n) is 14.0. The molecule has 4 atom stereocenters. The van der Waals surface area contributed by atoms with Crippen LogP contribution in [0.1, 0.15) is 54.4 Å². The number of hydrogen-bond acceptors (Lipinski definition) is 14. The highest BCUT2D eigenvalue weighted by atomic mass is 79.9. The Morgan fingerprint density at radius 2 is 1.08 bits per heavy atom. The average Bonchev–Trinajstić information content (AvgIpc) is 3.03. The number of methoxy groups -OCH3 is 2. The first-order valence-electron chi connectivity index (χ1n) is 16.3. The summed E-state index contributed by atoms with van der Waals surface area (Å²) >= 11 is 6.68. The van der Waals surface area contributed by atoms with Gasteiger partial charge in [0.25, 0.3) is 0 Å². The summed E-state index contributed by atoms with van der Waals surface area (Å²) in [6.45, 7) is 12.6. The lowest BCUT2D eigenvalue weighted by atomic mass is 10.0. The van der Waals surface area contributed by atoms with Gasteiger partial charge in [0.05, 0.1) is 43.1 Å². The summed E-state index contributed by atoms with van der Waals surface area (Å²) < 4.78 is 22.7. The van der Waals surface area contributed by atoms with E-state index in [2.05, 4.69) is 52.5 Å². The van der Waals surface area contributed by atoms with Crippen LogP contribution in [-0.2, 0) is 18.9 Å². The van der Waals surface area contributed by atoms with Gasteiger partial charge < -0.3 is 39.4 Å². The van der Waals surface area contributed by atoms with Crippen molar-refractivity contribution in [2.75, 3.05) is 50.2 Å². The normalized spacial score (nSPS) is 20.6. The lowest BCUT2D eigenvalue weighted by Crippen LogP contribution is -2.55. The van der Waals surface area contributed by atoms with Gasteiger partial charge in [-0.25, -0.2) is 9.59 Å². The maximum absolute atomic E-state index is 12.0. The zero-order chi connectivity index (χ0) is 39.0. The van der Waals surface area contributed by atoms with Crippen LogP contribution in [0.3, 0.4) is 0 Å². The van der Waals surface area contributed by atoms with E-state index >= 15 is 0 Å². The van der Waals surface area contributed by atoms with E-state index in [1.165, 1.54) is 24.8 Å². The fourth-order valence-electron chi connectivity index (χ4n) is 5.69. The lowest BCUT2D eigenvalue weighted by molar-refractivity contribution is -0.384. The van der Waals surface area contributed by atoms with Gasteiger partial charge in [-0.1, -0.05) is 0 Å². The number of piperidine rings is 2. The quantitative estimate of drug-likeness (QED) is 0.239. The molecular weight excluding hydrogens is 816 g/mol. The number of nitrogens with one attached hydrogen (secondary N) is 2. The third-order valence-electron chi connectivity index (χ3n) is 7.86. The first-order chi connectivity index (χ1) is 24.2. The lowest BCUT2D eigenvalue weighted by Gasteiger charge is -2.39. The molecule has 288 valence electrons. The summed E-state index contributed by atoms with van der Waals surface area (Å²) in [5.74, 6) is 0. The molecule has 2 amide bonds. The predicted octanol–water partition coefficient (Wildman–Crippen LogP) is 5.74. The van der Waals surface area contributed by atoms with E-state index in [4.69, 9.17) is 18.9 Å². The summed E-state index contributed by atoms with van der Waals surface area (Å²) in [5.41, 5.74) is -0.405. The van der Waals surface area contributed by atoms with Crippen molar-refractivity contribution >= 4 is 66.8 Å². The molecule has 2 aliphatic heterocycles. The van der Waals surface area contributed by atoms with Gasteiger partial charge >= 0.3 is 23.6 Å². The number of alkyl carbamates (subject to hydrolysis) is 2. The fraction of sp³-hybridized carbons (Fsp3) is 0.625. The Hall–Kier alpha value is -3.88. The van der Waals surface area contributed by atoms with Gasteiger partial charge in [-0.2, -0.15) is 0 Å². The van der Waals surface area contributed by atoms with Crippen LogP contribution in [0.15, 0.2) is 33.7 Å². The molecule has 0 spiro atoms. The molecule has 4 heterocycles. The van der Waals surface area contributed by atoms with Crippen molar-refractivity contribution in [3.63, 3.8) is 0 Å². The number of amides is 2. The summed E-state index contributed by atoms with van der Waals surface area (Å²) in [7, 11) is 3.10. The SMILES string of the molecule is CO[C@@H]1CN(c2c(Br)cncc2[N+](=O)[O-])CC[C@@H]1NC(=O)OC(C)(C)C.CO[C@H]1CN(c2c(Br)cncc2[N+](=O)[O-])CC[C@H]1NC(=O)OC(C)(C)C. The van der Waals surface area contributed by atoms with E-state index in [1.54, 1.807) is 55.8 Å². The molecule has 0 saturated carbocycles. The molecule has 2 saturated heterocycles. The zero-order valence-corrected chi connectivity index (χ0v) is 33.6. The number of aromatic nitrogens is 2. The van der Waals surface area contributed by atoms with E-state index in [0.717, 1.165) is 0 Å². The van der Waals surface area contributed by atoms with Crippen molar-refractivity contribution in [3.8, 4) is 0 Å². The number of pyridine rings is 2. The first-order valence-corrected chi connectivity index (χ1v) is 17.9. The van der Waals surface area contributed by atoms with E-state index in [0.29, 0.717) is 59.3 Å². The highest BCUT2D eigenvalue weighted by Gasteiger charge is 2.36. The van der Waals surface area contributed by atoms with Gasteiger partial charge in [0, 0.05) is 52.8 Å². The van der Waals surface area contributed by atoms with Crippen molar-refractivity contribution in [3.05, 3.63) is 54.0 Å². The molecule has 0 radical (unpaired) electrons. The van der Waals surface area contributed by atoms with Gasteiger partial charge in [0.2, 0.25) is 0 Å². The van der Waals surface area contributed by atoms with E-state index in [-0.39, 0.29) is 35.7 Å². The van der Waals surface area contributed by atoms with Gasteiger partial charge in [0.15, 0.2) is 0 Å². The molecule has 2 aromatic heterocycles. The van der Waals surface area contributed by atoms with Crippen molar-refractivity contribution in [1.29, 1.82) is 0 Å². The summed E-state index contributed by atoms with van der Waals surface area (Å²) in [5, 5.41) is 28.3. The van der Waals surface area contributed by atoms with Crippen molar-refractivity contribution < 1.29 is 38.4 Å². The van der Waals surface area contributed by atoms with E-state index in [1.807, 2.05) is 9.80 Å². The average molecular weight is 863 g/mol. The summed E-state index contributed by atoms with van der Waals surface area (Å²) in [6.07, 6.45) is 4.94. The molecule has 0 aromatic carbocycles. The number of rotatable bonds is 8. The second-order valence-corrected chi connectivity index (χ2v) is 15.7. The standard InChI is InChI=1S/2C16H23BrN4O5/c2*1-16(2,3)26-15(22)19-11-5-6-20(9-13(11)25-4)14-10(17)7-18-8-12(14)21(23)24/h2*7-8,11,13H,5-6,9H2,1-4H3,(H,19,22)/t2*11-,13+/m10/s1. The Morgan fingerprint density at radius 1 is 0.731 bits per heavy atom. The van der Waals surface area contributed by atoms with Crippen LogP contribution < -0.4 is 20.4 Å². The Morgan fingerprint density at radius 3 is 1.37 bits per heavy atom. The number of nitrogens with zero attached hydrogens (tertiary/aromatic N) is 6. The Labute approximate surface area is 318 Å². The van der Waals surface area contributed by atoms with Crippen LogP contribution in [-0.4, -0.2) is 108 Å². The number of ether oxygens (including phenoxy) is 4. The smallest absolute Gasteiger partial charge is 0.407 e. The maximum atomic E-state index is 12.0. The minimum atomic E-state index is -0.587. The van der Waals surface area contributed by atoms with E-state index < -0.39 is 33.2 Å².